The van der Waals surface area contributed by atoms with Crippen molar-refractivity contribution in [1.82, 2.24) is 0 Å². The quantitative estimate of drug-likeness (QED) is 0.197. The average Bonchev–Trinajstić information content (AvgIpc) is 2.78. The van der Waals surface area contributed by atoms with E-state index in [9.17, 15) is 0 Å². The van der Waals surface area contributed by atoms with Gasteiger partial charge in [-0.25, -0.2) is 0 Å². The van der Waals surface area contributed by atoms with Crippen molar-refractivity contribution < 1.29 is 14.2 Å². The maximum atomic E-state index is 6.21. The molecule has 2 rings (SSSR count). The first-order valence-corrected chi connectivity index (χ1v) is 12.1. The third-order valence-electron chi connectivity index (χ3n) is 5.50. The minimum atomic E-state index is 0.272. The highest BCUT2D eigenvalue weighted by atomic mass is 35.5. The Labute approximate surface area is 188 Å². The number of benzene rings is 2. The lowest BCUT2D eigenvalue weighted by atomic mass is 10.1. The summed E-state index contributed by atoms with van der Waals surface area (Å²) in [5.74, 6) is 2.41. The standard InChI is InChI=1S/C26H39ClO3/c1-4-6-7-8-9-13-19-30-26-23-17-11-10-16-22(23)24(20-25(26)28-3)29-18-14-12-15-21(27)5-2/h10-11,16-17,20-21H,4-9,12-15,18-19H2,1-3H3. The van der Waals surface area contributed by atoms with Crippen molar-refractivity contribution in [2.75, 3.05) is 20.3 Å². The van der Waals surface area contributed by atoms with Crippen molar-refractivity contribution in [1.29, 1.82) is 0 Å². The van der Waals surface area contributed by atoms with Gasteiger partial charge in [-0.3, -0.25) is 0 Å². The lowest BCUT2D eigenvalue weighted by Gasteiger charge is -2.17. The lowest BCUT2D eigenvalue weighted by molar-refractivity contribution is 0.283. The molecule has 0 saturated carbocycles. The first kappa shape index (κ1) is 24.7. The Kier molecular flexibility index (Phi) is 11.8. The Hall–Kier alpha value is -1.61. The Morgan fingerprint density at radius 1 is 0.800 bits per heavy atom. The Morgan fingerprint density at radius 3 is 2.20 bits per heavy atom. The number of methoxy groups -OCH3 is 1. The van der Waals surface area contributed by atoms with E-state index in [1.54, 1.807) is 7.11 Å². The van der Waals surface area contributed by atoms with E-state index in [4.69, 9.17) is 25.8 Å². The second-order valence-electron chi connectivity index (χ2n) is 7.92. The zero-order valence-corrected chi connectivity index (χ0v) is 19.8. The number of unbranched alkanes of at least 4 members (excludes halogenated alkanes) is 6. The minimum Gasteiger partial charge on any atom is -0.493 e. The van der Waals surface area contributed by atoms with E-state index in [1.807, 2.05) is 18.2 Å². The molecule has 0 bridgehead atoms. The minimum absolute atomic E-state index is 0.272. The van der Waals surface area contributed by atoms with Gasteiger partial charge < -0.3 is 14.2 Å². The molecule has 2 aromatic carbocycles. The van der Waals surface area contributed by atoms with Gasteiger partial charge in [0.25, 0.3) is 0 Å². The Balaban J connectivity index is 1.99. The van der Waals surface area contributed by atoms with Crippen molar-refractivity contribution in [3.63, 3.8) is 0 Å². The third kappa shape index (κ3) is 7.91. The van der Waals surface area contributed by atoms with Crippen LogP contribution in [0.5, 0.6) is 17.2 Å². The van der Waals surface area contributed by atoms with Crippen LogP contribution in [0.2, 0.25) is 0 Å². The highest BCUT2D eigenvalue weighted by molar-refractivity contribution is 6.20. The van der Waals surface area contributed by atoms with E-state index in [0.29, 0.717) is 13.2 Å². The van der Waals surface area contributed by atoms with E-state index in [-0.39, 0.29) is 5.38 Å². The molecule has 0 aromatic heterocycles. The molecule has 1 unspecified atom stereocenters. The van der Waals surface area contributed by atoms with Gasteiger partial charge in [0.1, 0.15) is 5.75 Å². The van der Waals surface area contributed by atoms with Crippen LogP contribution in [0.15, 0.2) is 30.3 Å². The Bertz CT molecular complexity index is 732. The fourth-order valence-electron chi connectivity index (χ4n) is 3.62. The number of fused-ring (bicyclic) bond motifs is 1. The van der Waals surface area contributed by atoms with Crippen LogP contribution in [0, 0.1) is 0 Å². The normalized spacial score (nSPS) is 12.1. The molecule has 0 aliphatic carbocycles. The number of ether oxygens (including phenoxy) is 3. The average molecular weight is 435 g/mol. The van der Waals surface area contributed by atoms with E-state index in [2.05, 4.69) is 26.0 Å². The summed E-state index contributed by atoms with van der Waals surface area (Å²) >= 11 is 6.21. The van der Waals surface area contributed by atoms with E-state index < -0.39 is 0 Å². The van der Waals surface area contributed by atoms with Crippen LogP contribution in [-0.2, 0) is 0 Å². The molecule has 30 heavy (non-hydrogen) atoms. The first-order chi connectivity index (χ1) is 14.7. The van der Waals surface area contributed by atoms with E-state index in [1.165, 1.54) is 32.1 Å². The van der Waals surface area contributed by atoms with Crippen LogP contribution in [0.1, 0.15) is 78.1 Å². The molecular formula is C26H39ClO3. The monoisotopic (exact) mass is 434 g/mol. The molecule has 0 radical (unpaired) electrons. The van der Waals surface area contributed by atoms with Crippen molar-refractivity contribution in [2.24, 2.45) is 0 Å². The predicted molar refractivity (Wildman–Crippen MR) is 129 cm³/mol. The molecule has 4 heteroatoms. The highest BCUT2D eigenvalue weighted by Crippen LogP contribution is 2.41. The second kappa shape index (κ2) is 14.4. The van der Waals surface area contributed by atoms with Crippen LogP contribution in [-0.4, -0.2) is 25.7 Å². The smallest absolute Gasteiger partial charge is 0.169 e. The van der Waals surface area contributed by atoms with Gasteiger partial charge >= 0.3 is 0 Å². The van der Waals surface area contributed by atoms with Crippen molar-refractivity contribution >= 4 is 22.4 Å². The predicted octanol–water partition coefficient (Wildman–Crippen LogP) is 8.15. The van der Waals surface area contributed by atoms with Crippen LogP contribution in [0.4, 0.5) is 0 Å². The topological polar surface area (TPSA) is 27.7 Å². The van der Waals surface area contributed by atoms with Crippen LogP contribution in [0.3, 0.4) is 0 Å². The number of alkyl halides is 1. The maximum absolute atomic E-state index is 6.21. The number of rotatable bonds is 16. The molecular weight excluding hydrogens is 396 g/mol. The summed E-state index contributed by atoms with van der Waals surface area (Å²) in [7, 11) is 1.69. The Morgan fingerprint density at radius 2 is 1.47 bits per heavy atom. The molecule has 1 atom stereocenters. The van der Waals surface area contributed by atoms with Crippen molar-refractivity contribution in [3.05, 3.63) is 30.3 Å². The largest absolute Gasteiger partial charge is 0.493 e. The van der Waals surface area contributed by atoms with Gasteiger partial charge in [0.05, 0.1) is 20.3 Å². The second-order valence-corrected chi connectivity index (χ2v) is 8.53. The van der Waals surface area contributed by atoms with Crippen molar-refractivity contribution in [2.45, 2.75) is 83.4 Å². The summed E-state index contributed by atoms with van der Waals surface area (Å²) in [6.07, 6.45) is 11.6. The number of hydrogen-bond acceptors (Lipinski definition) is 3. The molecule has 168 valence electrons. The third-order valence-corrected chi connectivity index (χ3v) is 6.03. The van der Waals surface area contributed by atoms with Gasteiger partial charge in [-0.2, -0.15) is 0 Å². The van der Waals surface area contributed by atoms with E-state index in [0.717, 1.165) is 60.1 Å². The lowest BCUT2D eigenvalue weighted by Crippen LogP contribution is -2.03. The molecule has 0 amide bonds. The summed E-state index contributed by atoms with van der Waals surface area (Å²) in [5.41, 5.74) is 0. The van der Waals surface area contributed by atoms with Gasteiger partial charge in [-0.15, -0.1) is 11.6 Å². The summed E-state index contributed by atoms with van der Waals surface area (Å²) in [6.45, 7) is 5.76. The van der Waals surface area contributed by atoms with Gasteiger partial charge in [-0.05, 0) is 32.1 Å². The zero-order chi connectivity index (χ0) is 21.6. The summed E-state index contributed by atoms with van der Waals surface area (Å²) in [6, 6.07) is 10.2. The molecule has 3 nitrogen and oxygen atoms in total. The number of hydrogen-bond donors (Lipinski definition) is 0. The molecule has 0 spiro atoms. The highest BCUT2D eigenvalue weighted by Gasteiger charge is 2.15. The van der Waals surface area contributed by atoms with Gasteiger partial charge in [0.2, 0.25) is 0 Å². The number of halogens is 1. The first-order valence-electron chi connectivity index (χ1n) is 11.7. The molecule has 2 aromatic rings. The summed E-state index contributed by atoms with van der Waals surface area (Å²) < 4.78 is 18.0. The van der Waals surface area contributed by atoms with Gasteiger partial charge in [0, 0.05) is 22.2 Å². The molecule has 0 N–H and O–H groups in total. The molecule has 0 heterocycles. The van der Waals surface area contributed by atoms with Crippen molar-refractivity contribution in [3.8, 4) is 17.2 Å². The van der Waals surface area contributed by atoms with Crippen LogP contribution < -0.4 is 14.2 Å². The molecule has 0 aliphatic heterocycles. The van der Waals surface area contributed by atoms with Gasteiger partial charge in [0.15, 0.2) is 11.5 Å². The van der Waals surface area contributed by atoms with E-state index >= 15 is 0 Å². The maximum Gasteiger partial charge on any atom is 0.169 e. The summed E-state index contributed by atoms with van der Waals surface area (Å²) in [4.78, 5) is 0. The molecule has 0 aliphatic rings. The SMILES string of the molecule is CCCCCCCCOc1c(OC)cc(OCCCCC(Cl)CC)c2ccccc12. The molecule has 0 fully saturated rings. The zero-order valence-electron chi connectivity index (χ0n) is 19.1. The van der Waals surface area contributed by atoms with Crippen LogP contribution >= 0.6 is 11.6 Å². The molecule has 0 saturated heterocycles. The van der Waals surface area contributed by atoms with Gasteiger partial charge in [-0.1, -0.05) is 70.2 Å². The fourth-order valence-corrected chi connectivity index (χ4v) is 3.78. The summed E-state index contributed by atoms with van der Waals surface area (Å²) in [5, 5.41) is 2.39. The van der Waals surface area contributed by atoms with Crippen LogP contribution in [0.25, 0.3) is 10.8 Å². The fraction of sp³-hybridized carbons (Fsp3) is 0.615.